The predicted molar refractivity (Wildman–Crippen MR) is 80.1 cm³/mol. The van der Waals surface area contributed by atoms with Gasteiger partial charge in [-0.25, -0.2) is 0 Å². The Bertz CT molecular complexity index is 434. The molecular weight excluding hydrogens is 250 g/mol. The second-order valence-corrected chi connectivity index (χ2v) is 5.92. The van der Waals surface area contributed by atoms with E-state index in [-0.39, 0.29) is 5.54 Å². The number of hydrogen-bond acceptors (Lipinski definition) is 3. The number of benzene rings is 1. The molecule has 0 unspecified atom stereocenters. The van der Waals surface area contributed by atoms with Gasteiger partial charge in [-0.15, -0.1) is 0 Å². The van der Waals surface area contributed by atoms with Crippen LogP contribution in [0.25, 0.3) is 0 Å². The van der Waals surface area contributed by atoms with E-state index in [2.05, 4.69) is 23.1 Å². The van der Waals surface area contributed by atoms with Crippen LogP contribution in [0.4, 0.5) is 0 Å². The van der Waals surface area contributed by atoms with Gasteiger partial charge in [-0.2, -0.15) is 0 Å². The van der Waals surface area contributed by atoms with Crippen molar-refractivity contribution in [2.75, 3.05) is 33.4 Å². The minimum absolute atomic E-state index is 0.205. The third-order valence-electron chi connectivity index (χ3n) is 4.90. The van der Waals surface area contributed by atoms with Gasteiger partial charge in [0.25, 0.3) is 0 Å². The molecule has 0 spiro atoms. The lowest BCUT2D eigenvalue weighted by Gasteiger charge is -2.48. The van der Waals surface area contributed by atoms with Crippen molar-refractivity contribution in [3.8, 4) is 5.75 Å². The highest BCUT2D eigenvalue weighted by molar-refractivity contribution is 5.34. The van der Waals surface area contributed by atoms with Crippen molar-refractivity contribution >= 4 is 0 Å². The van der Waals surface area contributed by atoms with Gasteiger partial charge in [0, 0.05) is 18.6 Å². The van der Waals surface area contributed by atoms with Crippen LogP contribution >= 0.6 is 0 Å². The molecule has 1 aromatic rings. The molecule has 1 aliphatic carbocycles. The monoisotopic (exact) mass is 275 g/mol. The highest BCUT2D eigenvalue weighted by atomic mass is 16.5. The Morgan fingerprint density at radius 3 is 2.55 bits per heavy atom. The van der Waals surface area contributed by atoms with Gasteiger partial charge in [-0.3, -0.25) is 4.90 Å². The Morgan fingerprint density at radius 2 is 1.85 bits per heavy atom. The number of methoxy groups -OCH3 is 1. The van der Waals surface area contributed by atoms with Crippen LogP contribution in [0.3, 0.4) is 0 Å². The van der Waals surface area contributed by atoms with Crippen LogP contribution in [0.5, 0.6) is 5.75 Å². The first-order valence-electron chi connectivity index (χ1n) is 7.82. The summed E-state index contributed by atoms with van der Waals surface area (Å²) >= 11 is 0. The lowest BCUT2D eigenvalue weighted by atomic mass is 9.75. The molecule has 0 aromatic heterocycles. The standard InChI is InChI=1S/C17H25NO2/c1-19-16-7-5-6-15(14-16)17(8-3-2-4-9-17)18-10-12-20-13-11-18/h5-7,14H,2-4,8-13H2,1H3. The maximum Gasteiger partial charge on any atom is 0.119 e. The fourth-order valence-electron chi connectivity index (χ4n) is 3.83. The van der Waals surface area contributed by atoms with E-state index in [1.54, 1.807) is 7.11 Å². The van der Waals surface area contributed by atoms with E-state index in [1.165, 1.54) is 37.7 Å². The first kappa shape index (κ1) is 13.9. The summed E-state index contributed by atoms with van der Waals surface area (Å²) in [6.45, 7) is 3.84. The van der Waals surface area contributed by atoms with Crippen LogP contribution in [-0.4, -0.2) is 38.3 Å². The van der Waals surface area contributed by atoms with Crippen LogP contribution in [0.1, 0.15) is 37.7 Å². The number of rotatable bonds is 3. The average molecular weight is 275 g/mol. The molecule has 3 heteroatoms. The molecule has 1 saturated carbocycles. The molecule has 1 aliphatic heterocycles. The van der Waals surface area contributed by atoms with E-state index >= 15 is 0 Å². The molecule has 0 atom stereocenters. The molecule has 2 aliphatic rings. The molecule has 0 amide bonds. The Kier molecular flexibility index (Phi) is 4.27. The van der Waals surface area contributed by atoms with Gasteiger partial charge in [0.1, 0.15) is 5.75 Å². The van der Waals surface area contributed by atoms with Gasteiger partial charge < -0.3 is 9.47 Å². The molecule has 1 saturated heterocycles. The minimum Gasteiger partial charge on any atom is -0.497 e. The fraction of sp³-hybridized carbons (Fsp3) is 0.647. The maximum atomic E-state index is 5.55. The summed E-state index contributed by atoms with van der Waals surface area (Å²) in [4.78, 5) is 2.66. The van der Waals surface area contributed by atoms with E-state index in [0.717, 1.165) is 32.1 Å². The Labute approximate surface area is 121 Å². The van der Waals surface area contributed by atoms with E-state index < -0.39 is 0 Å². The zero-order chi connectivity index (χ0) is 13.8. The quantitative estimate of drug-likeness (QED) is 0.845. The van der Waals surface area contributed by atoms with Crippen LogP contribution in [0, 0.1) is 0 Å². The van der Waals surface area contributed by atoms with Crippen molar-refractivity contribution < 1.29 is 9.47 Å². The molecule has 2 fully saturated rings. The zero-order valence-corrected chi connectivity index (χ0v) is 12.4. The minimum atomic E-state index is 0.205. The second-order valence-electron chi connectivity index (χ2n) is 5.92. The summed E-state index contributed by atoms with van der Waals surface area (Å²) in [5.74, 6) is 0.973. The highest BCUT2D eigenvalue weighted by Gasteiger charge is 2.40. The first-order valence-corrected chi connectivity index (χ1v) is 7.82. The molecule has 0 bridgehead atoms. The van der Waals surface area contributed by atoms with Gasteiger partial charge in [0.05, 0.1) is 20.3 Å². The number of hydrogen-bond donors (Lipinski definition) is 0. The van der Waals surface area contributed by atoms with Crippen molar-refractivity contribution in [2.45, 2.75) is 37.6 Å². The van der Waals surface area contributed by atoms with Crippen LogP contribution in [0.2, 0.25) is 0 Å². The van der Waals surface area contributed by atoms with Crippen molar-refractivity contribution in [3.05, 3.63) is 29.8 Å². The SMILES string of the molecule is COc1cccc(C2(N3CCOCC3)CCCCC2)c1. The van der Waals surface area contributed by atoms with E-state index in [0.29, 0.717) is 0 Å². The van der Waals surface area contributed by atoms with Crippen molar-refractivity contribution in [1.29, 1.82) is 0 Å². The lowest BCUT2D eigenvalue weighted by Crippen LogP contribution is -2.52. The summed E-state index contributed by atoms with van der Waals surface area (Å²) in [5, 5.41) is 0. The summed E-state index contributed by atoms with van der Waals surface area (Å²) in [5.41, 5.74) is 1.63. The summed E-state index contributed by atoms with van der Waals surface area (Å²) in [6.07, 6.45) is 6.56. The molecule has 1 aromatic carbocycles. The average Bonchev–Trinajstić information content (AvgIpc) is 2.56. The molecule has 110 valence electrons. The van der Waals surface area contributed by atoms with Crippen LogP contribution in [-0.2, 0) is 10.3 Å². The van der Waals surface area contributed by atoms with Gasteiger partial charge in [-0.1, -0.05) is 31.4 Å². The number of morpholine rings is 1. The number of nitrogens with zero attached hydrogens (tertiary/aromatic N) is 1. The third-order valence-corrected chi connectivity index (χ3v) is 4.90. The summed E-state index contributed by atoms with van der Waals surface area (Å²) in [7, 11) is 1.75. The zero-order valence-electron chi connectivity index (χ0n) is 12.4. The molecule has 0 radical (unpaired) electrons. The largest absolute Gasteiger partial charge is 0.497 e. The predicted octanol–water partition coefficient (Wildman–Crippen LogP) is 3.19. The smallest absolute Gasteiger partial charge is 0.119 e. The maximum absolute atomic E-state index is 5.55. The van der Waals surface area contributed by atoms with Gasteiger partial charge in [0.15, 0.2) is 0 Å². The molecular formula is C17H25NO2. The molecule has 20 heavy (non-hydrogen) atoms. The Morgan fingerprint density at radius 1 is 1.10 bits per heavy atom. The Balaban J connectivity index is 1.95. The summed E-state index contributed by atoms with van der Waals surface area (Å²) in [6, 6.07) is 8.69. The second kappa shape index (κ2) is 6.15. The van der Waals surface area contributed by atoms with Crippen LogP contribution in [0.15, 0.2) is 24.3 Å². The van der Waals surface area contributed by atoms with E-state index in [4.69, 9.17) is 9.47 Å². The van der Waals surface area contributed by atoms with Gasteiger partial charge in [-0.05, 0) is 30.5 Å². The van der Waals surface area contributed by atoms with Crippen molar-refractivity contribution in [2.24, 2.45) is 0 Å². The Hall–Kier alpha value is -1.06. The first-order chi connectivity index (χ1) is 9.85. The molecule has 3 rings (SSSR count). The van der Waals surface area contributed by atoms with E-state index in [9.17, 15) is 0 Å². The van der Waals surface area contributed by atoms with Crippen molar-refractivity contribution in [1.82, 2.24) is 4.90 Å². The van der Waals surface area contributed by atoms with E-state index in [1.807, 2.05) is 6.07 Å². The van der Waals surface area contributed by atoms with Crippen LogP contribution < -0.4 is 4.74 Å². The topological polar surface area (TPSA) is 21.7 Å². The molecule has 0 N–H and O–H groups in total. The van der Waals surface area contributed by atoms with Gasteiger partial charge >= 0.3 is 0 Å². The van der Waals surface area contributed by atoms with Crippen molar-refractivity contribution in [3.63, 3.8) is 0 Å². The fourth-order valence-corrected chi connectivity index (χ4v) is 3.83. The normalized spacial score (nSPS) is 23.4. The molecule has 1 heterocycles. The third kappa shape index (κ3) is 2.57. The van der Waals surface area contributed by atoms with Gasteiger partial charge in [0.2, 0.25) is 0 Å². The summed E-state index contributed by atoms with van der Waals surface area (Å²) < 4.78 is 11.0. The number of ether oxygens (including phenoxy) is 2. The highest BCUT2D eigenvalue weighted by Crippen LogP contribution is 2.43. The lowest BCUT2D eigenvalue weighted by molar-refractivity contribution is -0.0404. The molecule has 3 nitrogen and oxygen atoms in total.